The Hall–Kier alpha value is -2.47. The molecule has 11 heteroatoms. The van der Waals surface area contributed by atoms with Crippen molar-refractivity contribution in [3.05, 3.63) is 52.0 Å². The number of hydrogen-bond acceptors (Lipinski definition) is 8. The molecule has 2 atom stereocenters. The fraction of sp³-hybridized carbons (Fsp3) is 0.565. The summed E-state index contributed by atoms with van der Waals surface area (Å²) < 4.78 is 39.0. The number of morpholine rings is 1. The highest BCUT2D eigenvalue weighted by Gasteiger charge is 2.31. The third-order valence-electron chi connectivity index (χ3n) is 6.49. The zero-order valence-electron chi connectivity index (χ0n) is 19.6. The van der Waals surface area contributed by atoms with Crippen LogP contribution < -0.4 is 5.32 Å². The molecule has 34 heavy (non-hydrogen) atoms. The van der Waals surface area contributed by atoms with Crippen LogP contribution in [0.15, 0.2) is 39.6 Å². The topological polar surface area (TPSA) is 118 Å². The lowest BCUT2D eigenvalue weighted by Gasteiger charge is -2.33. The van der Waals surface area contributed by atoms with Gasteiger partial charge in [-0.15, -0.1) is 0 Å². The Balaban J connectivity index is 1.56. The van der Waals surface area contributed by atoms with Gasteiger partial charge in [0, 0.05) is 38.8 Å². The first-order valence-corrected chi connectivity index (χ1v) is 13.1. The van der Waals surface area contributed by atoms with E-state index in [1.165, 1.54) is 16.4 Å². The monoisotopic (exact) mass is 492 g/mol. The van der Waals surface area contributed by atoms with Gasteiger partial charge in [-0.05, 0) is 49.9 Å². The van der Waals surface area contributed by atoms with Crippen molar-refractivity contribution in [3.8, 4) is 0 Å². The Labute approximate surface area is 200 Å². The second-order valence-electron chi connectivity index (χ2n) is 9.04. The first-order chi connectivity index (χ1) is 16.3. The number of nitrogens with zero attached hydrogens (tertiary/aromatic N) is 3. The summed E-state index contributed by atoms with van der Waals surface area (Å²) >= 11 is 0. The van der Waals surface area contributed by atoms with Crippen LogP contribution in [0, 0.1) is 23.0 Å². The van der Waals surface area contributed by atoms with E-state index < -0.39 is 14.9 Å². The maximum atomic E-state index is 13.1. The van der Waals surface area contributed by atoms with Crippen LogP contribution >= 0.6 is 0 Å². The second kappa shape index (κ2) is 10.4. The predicted octanol–water partition coefficient (Wildman–Crippen LogP) is 3.40. The number of piperidine rings is 1. The van der Waals surface area contributed by atoms with Crippen molar-refractivity contribution in [2.45, 2.75) is 37.6 Å². The maximum Gasteiger partial charge on any atom is 0.293 e. The third kappa shape index (κ3) is 5.43. The summed E-state index contributed by atoms with van der Waals surface area (Å²) in [5.41, 5.74) is 0.0139. The summed E-state index contributed by atoms with van der Waals surface area (Å²) in [6.45, 7) is 7.78. The molecule has 2 saturated heterocycles. The van der Waals surface area contributed by atoms with Crippen LogP contribution in [0.1, 0.15) is 37.3 Å². The quantitative estimate of drug-likeness (QED) is 0.440. The lowest BCUT2D eigenvalue weighted by Crippen LogP contribution is -2.41. The minimum atomic E-state index is -3.79. The number of nitro benzene ring substituents is 1. The standard InChI is InChI=1S/C23H32N4O6S/c1-17-4-3-9-26(16-17)34(30,31)19-6-7-20(21(14-19)27(28)29)24-15-22(23-8-5-18(2)33-23)25-10-12-32-13-11-25/h5-8,14,17,22,24H,3-4,9-13,15-16H2,1-2H3/t17-,22+/m0/s1. The summed E-state index contributed by atoms with van der Waals surface area (Å²) in [7, 11) is -3.79. The van der Waals surface area contributed by atoms with E-state index in [1.54, 1.807) is 0 Å². The van der Waals surface area contributed by atoms with Gasteiger partial charge in [-0.25, -0.2) is 8.42 Å². The highest BCUT2D eigenvalue weighted by molar-refractivity contribution is 7.89. The van der Waals surface area contributed by atoms with Crippen LogP contribution in [0.25, 0.3) is 0 Å². The molecule has 2 fully saturated rings. The summed E-state index contributed by atoms with van der Waals surface area (Å²) in [6, 6.07) is 7.77. The van der Waals surface area contributed by atoms with Gasteiger partial charge in [0.25, 0.3) is 5.69 Å². The van der Waals surface area contributed by atoms with Gasteiger partial charge in [0.15, 0.2) is 0 Å². The van der Waals surface area contributed by atoms with E-state index in [0.717, 1.165) is 43.5 Å². The number of nitro groups is 1. The number of rotatable bonds is 8. The van der Waals surface area contributed by atoms with Gasteiger partial charge in [0.1, 0.15) is 17.2 Å². The fourth-order valence-corrected chi connectivity index (χ4v) is 6.24. The van der Waals surface area contributed by atoms with Crippen molar-refractivity contribution in [3.63, 3.8) is 0 Å². The number of anilines is 1. The number of sulfonamides is 1. The normalized spacial score (nSPS) is 21.3. The summed E-state index contributed by atoms with van der Waals surface area (Å²) in [5, 5.41) is 15.0. The smallest absolute Gasteiger partial charge is 0.293 e. The van der Waals surface area contributed by atoms with E-state index in [4.69, 9.17) is 9.15 Å². The third-order valence-corrected chi connectivity index (χ3v) is 8.35. The van der Waals surface area contributed by atoms with E-state index in [0.29, 0.717) is 32.8 Å². The molecule has 0 amide bonds. The molecule has 0 unspecified atom stereocenters. The van der Waals surface area contributed by atoms with Crippen molar-refractivity contribution in [2.75, 3.05) is 51.3 Å². The molecule has 4 rings (SSSR count). The molecular formula is C23H32N4O6S. The van der Waals surface area contributed by atoms with Gasteiger partial charge >= 0.3 is 0 Å². The molecule has 1 aromatic carbocycles. The summed E-state index contributed by atoms with van der Waals surface area (Å²) in [6.07, 6.45) is 1.77. The minimum absolute atomic E-state index is 0.0507. The molecule has 0 radical (unpaired) electrons. The van der Waals surface area contributed by atoms with E-state index >= 15 is 0 Å². The van der Waals surface area contributed by atoms with Crippen molar-refractivity contribution in [2.24, 2.45) is 5.92 Å². The van der Waals surface area contributed by atoms with Crippen LogP contribution in [0.5, 0.6) is 0 Å². The van der Waals surface area contributed by atoms with E-state index in [9.17, 15) is 18.5 Å². The minimum Gasteiger partial charge on any atom is -0.465 e. The Morgan fingerprint density at radius 3 is 2.62 bits per heavy atom. The lowest BCUT2D eigenvalue weighted by molar-refractivity contribution is -0.384. The molecule has 3 heterocycles. The van der Waals surface area contributed by atoms with Gasteiger partial charge in [0.05, 0.1) is 29.1 Å². The fourth-order valence-electron chi connectivity index (χ4n) is 4.62. The number of benzene rings is 1. The molecule has 1 aromatic heterocycles. The number of aryl methyl sites for hydroxylation is 1. The first-order valence-electron chi connectivity index (χ1n) is 11.7. The van der Waals surface area contributed by atoms with E-state index in [1.807, 2.05) is 26.0 Å². The molecule has 2 aliphatic heterocycles. The van der Waals surface area contributed by atoms with Crippen molar-refractivity contribution >= 4 is 21.4 Å². The van der Waals surface area contributed by atoms with Gasteiger partial charge < -0.3 is 14.5 Å². The predicted molar refractivity (Wildman–Crippen MR) is 127 cm³/mol. The molecule has 0 aliphatic carbocycles. The zero-order valence-corrected chi connectivity index (χ0v) is 20.4. The van der Waals surface area contributed by atoms with Gasteiger partial charge in [-0.1, -0.05) is 6.92 Å². The van der Waals surface area contributed by atoms with Crippen molar-refractivity contribution in [1.82, 2.24) is 9.21 Å². The van der Waals surface area contributed by atoms with Crippen LogP contribution in [-0.2, 0) is 14.8 Å². The Morgan fingerprint density at radius 1 is 1.21 bits per heavy atom. The van der Waals surface area contributed by atoms with Crippen LogP contribution in [0.4, 0.5) is 11.4 Å². The molecule has 186 valence electrons. The highest BCUT2D eigenvalue weighted by Crippen LogP contribution is 2.32. The largest absolute Gasteiger partial charge is 0.465 e. The lowest BCUT2D eigenvalue weighted by atomic mass is 10.0. The molecule has 10 nitrogen and oxygen atoms in total. The number of hydrogen-bond donors (Lipinski definition) is 1. The van der Waals surface area contributed by atoms with Gasteiger partial charge in [0.2, 0.25) is 10.0 Å². The Bertz CT molecular complexity index is 1110. The number of ether oxygens (including phenoxy) is 1. The maximum absolute atomic E-state index is 13.1. The van der Waals surface area contributed by atoms with Gasteiger partial charge in [-0.3, -0.25) is 15.0 Å². The molecule has 1 N–H and O–H groups in total. The Kier molecular flexibility index (Phi) is 7.56. The van der Waals surface area contributed by atoms with E-state index in [-0.39, 0.29) is 28.2 Å². The van der Waals surface area contributed by atoms with Crippen molar-refractivity contribution in [1.29, 1.82) is 0 Å². The molecule has 2 aromatic rings. The average molecular weight is 493 g/mol. The average Bonchev–Trinajstić information content (AvgIpc) is 3.25. The van der Waals surface area contributed by atoms with Crippen LogP contribution in [-0.4, -0.2) is 68.5 Å². The van der Waals surface area contributed by atoms with E-state index in [2.05, 4.69) is 10.2 Å². The number of nitrogens with one attached hydrogen (secondary N) is 1. The SMILES string of the molecule is Cc1ccc([C@@H](CNc2ccc(S(=O)(=O)N3CCC[C@H](C)C3)cc2[N+](=O)[O-])N2CCOCC2)o1. The number of furan rings is 1. The summed E-state index contributed by atoms with van der Waals surface area (Å²) in [5.74, 6) is 1.83. The molecule has 0 saturated carbocycles. The van der Waals surface area contributed by atoms with Gasteiger partial charge in [-0.2, -0.15) is 4.31 Å². The van der Waals surface area contributed by atoms with Crippen molar-refractivity contribution < 1.29 is 22.5 Å². The summed E-state index contributed by atoms with van der Waals surface area (Å²) in [4.78, 5) is 13.5. The Morgan fingerprint density at radius 2 is 1.97 bits per heavy atom. The highest BCUT2D eigenvalue weighted by atomic mass is 32.2. The molecule has 2 aliphatic rings. The first kappa shape index (κ1) is 24.6. The zero-order chi connectivity index (χ0) is 24.3. The molecular weight excluding hydrogens is 460 g/mol. The van der Waals surface area contributed by atoms with Crippen LogP contribution in [0.3, 0.4) is 0 Å². The molecule has 0 spiro atoms. The molecule has 0 bridgehead atoms. The second-order valence-corrected chi connectivity index (χ2v) is 11.0. The van der Waals surface area contributed by atoms with Crippen LogP contribution in [0.2, 0.25) is 0 Å².